The van der Waals surface area contributed by atoms with Crippen molar-refractivity contribution in [2.75, 3.05) is 6.61 Å². The fourth-order valence-electron chi connectivity index (χ4n) is 2.27. The van der Waals surface area contributed by atoms with Crippen LogP contribution in [0.2, 0.25) is 0 Å². The fraction of sp³-hybridized carbons (Fsp3) is 0.375. The Morgan fingerprint density at radius 3 is 2.43 bits per heavy atom. The minimum absolute atomic E-state index is 0.423. The minimum atomic E-state index is -0.423. The molecule has 0 aliphatic heterocycles. The van der Waals surface area contributed by atoms with Gasteiger partial charge in [0.25, 0.3) is 0 Å². The smallest absolute Gasteiger partial charge is 0.248 e. The Labute approximate surface area is 124 Å². The number of carbonyl (C=O) groups is 1. The first-order valence-electron chi connectivity index (χ1n) is 6.93. The minimum Gasteiger partial charge on any atom is -0.493 e. The van der Waals surface area contributed by atoms with Gasteiger partial charge in [0.2, 0.25) is 5.91 Å². The Hall–Kier alpha value is -2.30. The second-order valence-corrected chi connectivity index (χ2v) is 5.19. The number of benzene rings is 1. The van der Waals surface area contributed by atoms with Gasteiger partial charge >= 0.3 is 0 Å². The summed E-state index contributed by atoms with van der Waals surface area (Å²) >= 11 is 0. The van der Waals surface area contributed by atoms with Crippen molar-refractivity contribution in [3.05, 3.63) is 46.3 Å². The maximum atomic E-state index is 11.2. The second kappa shape index (κ2) is 6.43. The number of amides is 1. The number of primary amides is 1. The summed E-state index contributed by atoms with van der Waals surface area (Å²) in [6, 6.07) is 5.44. The summed E-state index contributed by atoms with van der Waals surface area (Å²) in [6.07, 6.45) is 1.63. The van der Waals surface area contributed by atoms with Gasteiger partial charge in [0.05, 0.1) is 12.3 Å². The number of rotatable bonds is 6. The Balaban J connectivity index is 1.92. The van der Waals surface area contributed by atoms with E-state index in [1.807, 2.05) is 26.8 Å². The van der Waals surface area contributed by atoms with Crippen LogP contribution in [-0.2, 0) is 6.42 Å². The average Bonchev–Trinajstić information content (AvgIpc) is 2.82. The predicted molar refractivity (Wildman–Crippen MR) is 79.5 cm³/mol. The maximum absolute atomic E-state index is 11.2. The number of carbonyl (C=O) groups excluding carboxylic acids is 1. The van der Waals surface area contributed by atoms with Gasteiger partial charge in [0.15, 0.2) is 0 Å². The maximum Gasteiger partial charge on any atom is 0.248 e. The van der Waals surface area contributed by atoms with Crippen LogP contribution in [0, 0.1) is 20.8 Å². The molecule has 0 aliphatic carbocycles. The van der Waals surface area contributed by atoms with E-state index in [0.717, 1.165) is 41.2 Å². The van der Waals surface area contributed by atoms with Crippen LogP contribution < -0.4 is 10.5 Å². The Bertz CT molecular complexity index is 624. The van der Waals surface area contributed by atoms with E-state index in [2.05, 4.69) is 5.16 Å². The van der Waals surface area contributed by atoms with Crippen LogP contribution in [0.3, 0.4) is 0 Å². The number of aryl methyl sites for hydroxylation is 4. The highest BCUT2D eigenvalue weighted by atomic mass is 16.5. The Kier molecular flexibility index (Phi) is 4.62. The van der Waals surface area contributed by atoms with Crippen molar-refractivity contribution in [1.82, 2.24) is 5.16 Å². The summed E-state index contributed by atoms with van der Waals surface area (Å²) in [5.41, 5.74) is 8.52. The molecule has 0 atom stereocenters. The lowest BCUT2D eigenvalue weighted by molar-refractivity contribution is 0.1000. The molecule has 1 aromatic heterocycles. The summed E-state index contributed by atoms with van der Waals surface area (Å²) in [5.74, 6) is 1.26. The molecule has 0 unspecified atom stereocenters. The van der Waals surface area contributed by atoms with E-state index in [1.165, 1.54) is 0 Å². The molecule has 0 spiro atoms. The van der Waals surface area contributed by atoms with Crippen LogP contribution in [0.25, 0.3) is 0 Å². The first-order valence-corrected chi connectivity index (χ1v) is 6.93. The summed E-state index contributed by atoms with van der Waals surface area (Å²) in [4.78, 5) is 11.2. The molecule has 5 heteroatoms. The first kappa shape index (κ1) is 15.1. The van der Waals surface area contributed by atoms with Crippen molar-refractivity contribution in [2.24, 2.45) is 5.73 Å². The first-order chi connectivity index (χ1) is 9.97. The van der Waals surface area contributed by atoms with E-state index in [-0.39, 0.29) is 0 Å². The molecule has 1 amide bonds. The molecule has 0 bridgehead atoms. The van der Waals surface area contributed by atoms with Gasteiger partial charge < -0.3 is 15.0 Å². The van der Waals surface area contributed by atoms with E-state index >= 15 is 0 Å². The largest absolute Gasteiger partial charge is 0.493 e. The molecule has 1 aromatic carbocycles. The number of nitrogens with two attached hydrogens (primary N) is 1. The van der Waals surface area contributed by atoms with Crippen LogP contribution in [0.4, 0.5) is 0 Å². The zero-order valence-corrected chi connectivity index (χ0v) is 12.6. The molecular formula is C16H20N2O3. The topological polar surface area (TPSA) is 78.4 Å². The summed E-state index contributed by atoms with van der Waals surface area (Å²) < 4.78 is 11.0. The van der Waals surface area contributed by atoms with Gasteiger partial charge in [-0.3, -0.25) is 4.79 Å². The zero-order chi connectivity index (χ0) is 15.4. The lowest BCUT2D eigenvalue weighted by Crippen LogP contribution is -2.12. The molecule has 112 valence electrons. The summed E-state index contributed by atoms with van der Waals surface area (Å²) in [5, 5.41) is 3.85. The molecule has 5 nitrogen and oxygen atoms in total. The van der Waals surface area contributed by atoms with Crippen molar-refractivity contribution in [3.63, 3.8) is 0 Å². The number of aromatic nitrogens is 1. The molecule has 2 rings (SSSR count). The molecule has 1 heterocycles. The van der Waals surface area contributed by atoms with Crippen molar-refractivity contribution < 1.29 is 14.1 Å². The van der Waals surface area contributed by atoms with Gasteiger partial charge in [-0.1, -0.05) is 5.16 Å². The third-order valence-corrected chi connectivity index (χ3v) is 3.24. The monoisotopic (exact) mass is 288 g/mol. The number of hydrogen-bond acceptors (Lipinski definition) is 4. The summed E-state index contributed by atoms with van der Waals surface area (Å²) in [6.45, 7) is 6.30. The molecule has 0 radical (unpaired) electrons. The third kappa shape index (κ3) is 3.84. The molecular weight excluding hydrogens is 268 g/mol. The molecule has 0 saturated carbocycles. The van der Waals surface area contributed by atoms with Crippen molar-refractivity contribution in [3.8, 4) is 5.75 Å². The molecule has 2 N–H and O–H groups in total. The van der Waals surface area contributed by atoms with Gasteiger partial charge in [0, 0.05) is 18.1 Å². The van der Waals surface area contributed by atoms with Gasteiger partial charge in [-0.05, 0) is 50.5 Å². The lowest BCUT2D eigenvalue weighted by atomic mass is 10.1. The standard InChI is InChI=1S/C16H20N2O3/c1-10-7-13(16(17)19)8-11(2)15(10)20-6-4-5-14-9-12(3)18-21-14/h7-9H,4-6H2,1-3H3,(H2,17,19). The fourth-order valence-corrected chi connectivity index (χ4v) is 2.27. The normalized spacial score (nSPS) is 10.6. The Morgan fingerprint density at radius 1 is 1.24 bits per heavy atom. The van der Waals surface area contributed by atoms with Crippen molar-refractivity contribution in [2.45, 2.75) is 33.6 Å². The molecule has 0 fully saturated rings. The SMILES string of the molecule is Cc1cc(CCCOc2c(C)cc(C(N)=O)cc2C)on1. The quantitative estimate of drug-likeness (QED) is 0.829. The van der Waals surface area contributed by atoms with E-state index in [1.54, 1.807) is 12.1 Å². The van der Waals surface area contributed by atoms with Crippen LogP contribution in [-0.4, -0.2) is 17.7 Å². The molecule has 0 saturated heterocycles. The average molecular weight is 288 g/mol. The highest BCUT2D eigenvalue weighted by Crippen LogP contribution is 2.25. The van der Waals surface area contributed by atoms with E-state index in [9.17, 15) is 4.79 Å². The van der Waals surface area contributed by atoms with Crippen molar-refractivity contribution in [1.29, 1.82) is 0 Å². The van der Waals surface area contributed by atoms with Gasteiger partial charge in [-0.25, -0.2) is 0 Å². The van der Waals surface area contributed by atoms with E-state index in [0.29, 0.717) is 12.2 Å². The van der Waals surface area contributed by atoms with Crippen LogP contribution in [0.1, 0.15) is 39.4 Å². The van der Waals surface area contributed by atoms with Gasteiger partial charge in [-0.15, -0.1) is 0 Å². The molecule has 2 aromatic rings. The van der Waals surface area contributed by atoms with Gasteiger partial charge in [-0.2, -0.15) is 0 Å². The van der Waals surface area contributed by atoms with Crippen LogP contribution >= 0.6 is 0 Å². The van der Waals surface area contributed by atoms with E-state index in [4.69, 9.17) is 15.0 Å². The van der Waals surface area contributed by atoms with Crippen molar-refractivity contribution >= 4 is 5.91 Å². The zero-order valence-electron chi connectivity index (χ0n) is 12.6. The number of hydrogen-bond donors (Lipinski definition) is 1. The van der Waals surface area contributed by atoms with E-state index < -0.39 is 5.91 Å². The number of ether oxygens (including phenoxy) is 1. The van der Waals surface area contributed by atoms with Crippen LogP contribution in [0.15, 0.2) is 22.7 Å². The van der Waals surface area contributed by atoms with Crippen LogP contribution in [0.5, 0.6) is 5.75 Å². The Morgan fingerprint density at radius 2 is 1.90 bits per heavy atom. The molecule has 21 heavy (non-hydrogen) atoms. The number of nitrogens with zero attached hydrogens (tertiary/aromatic N) is 1. The predicted octanol–water partition coefficient (Wildman–Crippen LogP) is 2.71. The lowest BCUT2D eigenvalue weighted by Gasteiger charge is -2.13. The highest BCUT2D eigenvalue weighted by molar-refractivity contribution is 5.93. The second-order valence-electron chi connectivity index (χ2n) is 5.19. The highest BCUT2D eigenvalue weighted by Gasteiger charge is 2.09. The third-order valence-electron chi connectivity index (χ3n) is 3.24. The summed E-state index contributed by atoms with van der Waals surface area (Å²) in [7, 11) is 0. The molecule has 0 aliphatic rings. The van der Waals surface area contributed by atoms with Gasteiger partial charge in [0.1, 0.15) is 11.5 Å².